The first kappa shape index (κ1) is 20.9. The average molecular weight is 403 g/mol. The number of ether oxygens (including phenoxy) is 1. The van der Waals surface area contributed by atoms with Gasteiger partial charge in [-0.05, 0) is 24.5 Å². The summed E-state index contributed by atoms with van der Waals surface area (Å²) >= 11 is 1.46. The van der Waals surface area contributed by atoms with Crippen LogP contribution in [0.3, 0.4) is 0 Å². The summed E-state index contributed by atoms with van der Waals surface area (Å²) in [6, 6.07) is 12.3. The lowest BCUT2D eigenvalue weighted by Crippen LogP contribution is -2.32. The van der Waals surface area contributed by atoms with Crippen molar-refractivity contribution in [2.24, 2.45) is 0 Å². The largest absolute Gasteiger partial charge is 0.454 e. The first-order valence-electron chi connectivity index (χ1n) is 8.02. The molecule has 2 amide bonds. The minimum absolute atomic E-state index is 0.0356. The summed E-state index contributed by atoms with van der Waals surface area (Å²) < 4.78 is 4.82. The first-order chi connectivity index (χ1) is 13.4. The van der Waals surface area contributed by atoms with Gasteiger partial charge in [0.25, 0.3) is 17.5 Å². The number of nitro groups is 1. The number of nitro benzene ring substituents is 1. The molecule has 0 aromatic heterocycles. The van der Waals surface area contributed by atoms with E-state index in [1.54, 1.807) is 12.1 Å². The fourth-order valence-corrected chi connectivity index (χ4v) is 2.70. The van der Waals surface area contributed by atoms with Crippen molar-refractivity contribution in [1.82, 2.24) is 5.32 Å². The smallest absolute Gasteiger partial charge is 0.325 e. The van der Waals surface area contributed by atoms with Gasteiger partial charge in [-0.2, -0.15) is 0 Å². The standard InChI is InChI=1S/C18H17N3O6S/c1-28-15-8-3-2-7-14(15)20-16(22)11-27-17(23)10-19-18(24)12-5-4-6-13(9-12)21(25)26/h2-9H,10-11H2,1H3,(H,19,24)(H,20,22). The van der Waals surface area contributed by atoms with Crippen LogP contribution in [0, 0.1) is 10.1 Å². The van der Waals surface area contributed by atoms with Gasteiger partial charge in [-0.3, -0.25) is 24.5 Å². The monoisotopic (exact) mass is 403 g/mol. The normalized spacial score (nSPS) is 10.0. The summed E-state index contributed by atoms with van der Waals surface area (Å²) in [6.45, 7) is -0.982. The van der Waals surface area contributed by atoms with Crippen LogP contribution < -0.4 is 10.6 Å². The molecule has 0 spiro atoms. The van der Waals surface area contributed by atoms with Gasteiger partial charge in [0.2, 0.25) is 0 Å². The van der Waals surface area contributed by atoms with Crippen molar-refractivity contribution < 1.29 is 24.0 Å². The van der Waals surface area contributed by atoms with Crippen LogP contribution in [0.15, 0.2) is 53.4 Å². The number of nitrogens with one attached hydrogen (secondary N) is 2. The third-order valence-corrected chi connectivity index (χ3v) is 4.25. The van der Waals surface area contributed by atoms with Gasteiger partial charge in [-0.25, -0.2) is 0 Å². The van der Waals surface area contributed by atoms with Crippen molar-refractivity contribution >= 4 is 40.9 Å². The molecule has 9 nitrogen and oxygen atoms in total. The summed E-state index contributed by atoms with van der Waals surface area (Å²) in [4.78, 5) is 46.5. The van der Waals surface area contributed by atoms with E-state index in [-0.39, 0.29) is 11.3 Å². The molecule has 0 heterocycles. The molecule has 0 aliphatic heterocycles. The molecule has 0 fully saturated rings. The molecule has 0 bridgehead atoms. The van der Waals surface area contributed by atoms with Crippen molar-refractivity contribution in [2.45, 2.75) is 4.90 Å². The Balaban J connectivity index is 1.79. The lowest BCUT2D eigenvalue weighted by atomic mass is 10.2. The zero-order valence-electron chi connectivity index (χ0n) is 14.8. The van der Waals surface area contributed by atoms with Crippen LogP contribution in [-0.4, -0.2) is 42.1 Å². The number of amides is 2. The van der Waals surface area contributed by atoms with Gasteiger partial charge in [-0.1, -0.05) is 18.2 Å². The Labute approximate surface area is 164 Å². The molecule has 0 aliphatic rings. The van der Waals surface area contributed by atoms with Gasteiger partial charge in [-0.15, -0.1) is 11.8 Å². The van der Waals surface area contributed by atoms with Gasteiger partial charge in [0.05, 0.1) is 10.6 Å². The Morgan fingerprint density at radius 3 is 2.61 bits per heavy atom. The van der Waals surface area contributed by atoms with E-state index >= 15 is 0 Å². The molecular formula is C18H17N3O6S. The molecule has 0 atom stereocenters. The Morgan fingerprint density at radius 2 is 1.89 bits per heavy atom. The highest BCUT2D eigenvalue weighted by molar-refractivity contribution is 7.98. The molecule has 2 rings (SSSR count). The van der Waals surface area contributed by atoms with E-state index in [4.69, 9.17) is 4.74 Å². The topological polar surface area (TPSA) is 128 Å². The van der Waals surface area contributed by atoms with Crippen molar-refractivity contribution in [3.05, 3.63) is 64.2 Å². The van der Waals surface area contributed by atoms with E-state index in [9.17, 15) is 24.5 Å². The maximum Gasteiger partial charge on any atom is 0.325 e. The molecule has 2 aromatic rings. The number of para-hydroxylation sites is 1. The highest BCUT2D eigenvalue weighted by atomic mass is 32.2. The van der Waals surface area contributed by atoms with Crippen LogP contribution in [0.25, 0.3) is 0 Å². The van der Waals surface area contributed by atoms with Crippen LogP contribution >= 0.6 is 11.8 Å². The van der Waals surface area contributed by atoms with E-state index in [2.05, 4.69) is 10.6 Å². The van der Waals surface area contributed by atoms with Crippen LogP contribution in [0.4, 0.5) is 11.4 Å². The molecule has 2 aromatic carbocycles. The summed E-state index contributed by atoms with van der Waals surface area (Å²) in [5.74, 6) is -1.99. The van der Waals surface area contributed by atoms with Crippen molar-refractivity contribution in [3.63, 3.8) is 0 Å². The van der Waals surface area contributed by atoms with Gasteiger partial charge >= 0.3 is 5.97 Å². The minimum Gasteiger partial charge on any atom is -0.454 e. The third kappa shape index (κ3) is 6.09. The van der Waals surface area contributed by atoms with E-state index in [1.165, 1.54) is 30.0 Å². The second-order valence-corrected chi connectivity index (χ2v) is 6.25. The summed E-state index contributed by atoms with van der Waals surface area (Å²) in [6.07, 6.45) is 1.87. The zero-order valence-corrected chi connectivity index (χ0v) is 15.7. The Kier molecular flexibility index (Phi) is 7.52. The van der Waals surface area contributed by atoms with Crippen LogP contribution in [0.1, 0.15) is 10.4 Å². The summed E-state index contributed by atoms with van der Waals surface area (Å²) in [5.41, 5.74) is 0.404. The summed E-state index contributed by atoms with van der Waals surface area (Å²) in [5, 5.41) is 15.6. The maximum absolute atomic E-state index is 12.0. The fourth-order valence-electron chi connectivity index (χ4n) is 2.15. The number of anilines is 1. The Morgan fingerprint density at radius 1 is 1.14 bits per heavy atom. The second kappa shape index (κ2) is 10.1. The lowest BCUT2D eigenvalue weighted by molar-refractivity contribution is -0.384. The molecular weight excluding hydrogens is 386 g/mol. The van der Waals surface area contributed by atoms with E-state index in [0.29, 0.717) is 5.69 Å². The van der Waals surface area contributed by atoms with Crippen molar-refractivity contribution in [1.29, 1.82) is 0 Å². The number of nitrogens with zero attached hydrogens (tertiary/aromatic N) is 1. The number of non-ortho nitro benzene ring substituents is 1. The average Bonchev–Trinajstić information content (AvgIpc) is 2.70. The van der Waals surface area contributed by atoms with Crippen LogP contribution in [0.5, 0.6) is 0 Å². The number of benzene rings is 2. The van der Waals surface area contributed by atoms with Crippen molar-refractivity contribution in [2.75, 3.05) is 24.7 Å². The highest BCUT2D eigenvalue weighted by Crippen LogP contribution is 2.24. The number of esters is 1. The first-order valence-corrected chi connectivity index (χ1v) is 9.24. The molecule has 0 saturated carbocycles. The Hall–Kier alpha value is -3.40. The predicted octanol–water partition coefficient (Wildman–Crippen LogP) is 2.23. The number of thioether (sulfide) groups is 1. The molecule has 0 saturated heterocycles. The molecule has 28 heavy (non-hydrogen) atoms. The van der Waals surface area contributed by atoms with Crippen LogP contribution in [-0.2, 0) is 14.3 Å². The number of carbonyl (C=O) groups excluding carboxylic acids is 3. The van der Waals surface area contributed by atoms with Crippen LogP contribution in [0.2, 0.25) is 0 Å². The number of hydrogen-bond acceptors (Lipinski definition) is 7. The Bertz CT molecular complexity index is 902. The molecule has 0 unspecified atom stereocenters. The van der Waals surface area contributed by atoms with Gasteiger partial charge < -0.3 is 15.4 Å². The van der Waals surface area contributed by atoms with Crippen molar-refractivity contribution in [3.8, 4) is 0 Å². The third-order valence-electron chi connectivity index (χ3n) is 3.46. The number of rotatable bonds is 8. The highest BCUT2D eigenvalue weighted by Gasteiger charge is 2.14. The molecule has 0 radical (unpaired) electrons. The minimum atomic E-state index is -0.813. The molecule has 10 heteroatoms. The van der Waals surface area contributed by atoms with E-state index < -0.39 is 35.9 Å². The number of carbonyl (C=O) groups is 3. The molecule has 146 valence electrons. The molecule has 2 N–H and O–H groups in total. The van der Waals surface area contributed by atoms with Gasteiger partial charge in [0.15, 0.2) is 6.61 Å². The molecule has 0 aliphatic carbocycles. The quantitative estimate of drug-likeness (QED) is 0.299. The summed E-state index contributed by atoms with van der Waals surface area (Å²) in [7, 11) is 0. The number of hydrogen-bond donors (Lipinski definition) is 2. The van der Waals surface area contributed by atoms with Gasteiger partial charge in [0, 0.05) is 22.6 Å². The predicted molar refractivity (Wildman–Crippen MR) is 103 cm³/mol. The lowest BCUT2D eigenvalue weighted by Gasteiger charge is -2.10. The zero-order chi connectivity index (χ0) is 20.5. The van der Waals surface area contributed by atoms with E-state index in [0.717, 1.165) is 11.0 Å². The fraction of sp³-hybridized carbons (Fsp3) is 0.167. The second-order valence-electron chi connectivity index (χ2n) is 5.40. The van der Waals surface area contributed by atoms with E-state index in [1.807, 2.05) is 18.4 Å². The maximum atomic E-state index is 12.0. The SMILES string of the molecule is CSc1ccccc1NC(=O)COC(=O)CNC(=O)c1cccc([N+](=O)[O-])c1. The van der Waals surface area contributed by atoms with Gasteiger partial charge in [0.1, 0.15) is 6.54 Å².